The normalized spacial score (nSPS) is 13.4. The molecule has 8 heteroatoms. The van der Waals surface area contributed by atoms with Crippen LogP contribution in [0.1, 0.15) is 11.1 Å². The molecular weight excluding hydrogens is 384 g/mol. The summed E-state index contributed by atoms with van der Waals surface area (Å²) in [5, 5.41) is 1.36. The third-order valence-corrected chi connectivity index (χ3v) is 4.86. The summed E-state index contributed by atoms with van der Waals surface area (Å²) < 4.78 is 10.6. The van der Waals surface area contributed by atoms with E-state index in [0.717, 1.165) is 11.1 Å². The summed E-state index contributed by atoms with van der Waals surface area (Å²) in [6, 6.07) is 13.1. The maximum absolute atomic E-state index is 12.8. The van der Waals surface area contributed by atoms with Crippen molar-refractivity contribution >= 4 is 23.3 Å². The van der Waals surface area contributed by atoms with Crippen LogP contribution in [0.15, 0.2) is 47.5 Å². The van der Waals surface area contributed by atoms with Crippen molar-refractivity contribution < 1.29 is 19.1 Å². The van der Waals surface area contributed by atoms with Gasteiger partial charge >= 0.3 is 0 Å². The Morgan fingerprint density at radius 2 is 1.83 bits per heavy atom. The molecule has 2 aromatic carbocycles. The van der Waals surface area contributed by atoms with Crippen molar-refractivity contribution in [2.45, 2.75) is 13.3 Å². The van der Waals surface area contributed by atoms with Gasteiger partial charge in [-0.05, 0) is 43.2 Å². The van der Waals surface area contributed by atoms with Crippen LogP contribution in [0.2, 0.25) is 0 Å². The van der Waals surface area contributed by atoms with E-state index in [9.17, 15) is 9.59 Å². The average molecular weight is 410 g/mol. The Kier molecular flexibility index (Phi) is 6.56. The van der Waals surface area contributed by atoms with Gasteiger partial charge in [0.25, 0.3) is 11.8 Å². The van der Waals surface area contributed by atoms with Gasteiger partial charge < -0.3 is 14.4 Å². The largest absolute Gasteiger partial charge is 0.493 e. The van der Waals surface area contributed by atoms with E-state index in [-0.39, 0.29) is 24.2 Å². The van der Waals surface area contributed by atoms with Gasteiger partial charge in [-0.25, -0.2) is 5.01 Å². The van der Waals surface area contributed by atoms with E-state index in [1.165, 1.54) is 5.01 Å². The number of nitrogens with one attached hydrogen (secondary N) is 1. The lowest BCUT2D eigenvalue weighted by molar-refractivity contribution is -0.123. The molecule has 1 N–H and O–H groups in total. The number of aryl methyl sites for hydroxylation is 1. The summed E-state index contributed by atoms with van der Waals surface area (Å²) in [7, 11) is 4.89. The molecule has 3 rings (SSSR count). The number of hydrazine groups is 1. The summed E-state index contributed by atoms with van der Waals surface area (Å²) >= 11 is 0. The summed E-state index contributed by atoms with van der Waals surface area (Å²) in [4.78, 5) is 30.8. The third kappa shape index (κ3) is 4.71. The third-order valence-electron chi connectivity index (χ3n) is 4.86. The van der Waals surface area contributed by atoms with E-state index < -0.39 is 0 Å². The Balaban J connectivity index is 1.64. The highest BCUT2D eigenvalue weighted by atomic mass is 16.5. The number of hydrogen-bond donors (Lipinski definition) is 1. The van der Waals surface area contributed by atoms with E-state index in [1.54, 1.807) is 26.2 Å². The first-order valence-corrected chi connectivity index (χ1v) is 9.60. The van der Waals surface area contributed by atoms with Crippen LogP contribution in [0, 0.1) is 6.92 Å². The molecule has 30 heavy (non-hydrogen) atoms. The molecule has 2 aromatic rings. The molecule has 1 heterocycles. The number of carbonyl (C=O) groups excluding carboxylic acids is 2. The molecule has 0 unspecified atom stereocenters. The van der Waals surface area contributed by atoms with Gasteiger partial charge in [-0.15, -0.1) is 0 Å². The van der Waals surface area contributed by atoms with Crippen LogP contribution >= 0.6 is 0 Å². The lowest BCUT2D eigenvalue weighted by atomic mass is 10.1. The maximum Gasteiger partial charge on any atom is 0.290 e. The zero-order valence-corrected chi connectivity index (χ0v) is 17.6. The van der Waals surface area contributed by atoms with Crippen molar-refractivity contribution in [3.8, 4) is 11.5 Å². The quantitative estimate of drug-likeness (QED) is 0.755. The molecule has 0 bridgehead atoms. The van der Waals surface area contributed by atoms with Gasteiger partial charge in [0.15, 0.2) is 11.5 Å². The molecule has 0 aliphatic carbocycles. The van der Waals surface area contributed by atoms with E-state index in [0.29, 0.717) is 30.2 Å². The molecule has 0 fully saturated rings. The van der Waals surface area contributed by atoms with E-state index >= 15 is 0 Å². The molecule has 0 spiro atoms. The predicted octanol–water partition coefficient (Wildman–Crippen LogP) is 1.96. The zero-order valence-electron chi connectivity index (χ0n) is 17.6. The zero-order chi connectivity index (χ0) is 21.7. The fraction of sp³-hybridized carbons (Fsp3) is 0.318. The molecule has 8 nitrogen and oxygen atoms in total. The van der Waals surface area contributed by atoms with Gasteiger partial charge in [0.2, 0.25) is 5.84 Å². The minimum absolute atomic E-state index is 0.0779. The van der Waals surface area contributed by atoms with Crippen LogP contribution in [-0.4, -0.2) is 56.9 Å². The van der Waals surface area contributed by atoms with Crippen LogP contribution in [0.5, 0.6) is 11.5 Å². The first kappa shape index (κ1) is 21.2. The Bertz CT molecular complexity index is 956. The van der Waals surface area contributed by atoms with Crippen LogP contribution in [0.25, 0.3) is 0 Å². The predicted molar refractivity (Wildman–Crippen MR) is 115 cm³/mol. The summed E-state index contributed by atoms with van der Waals surface area (Å²) in [5.74, 6) is 0.954. The molecule has 0 atom stereocenters. The first-order chi connectivity index (χ1) is 14.4. The second-order valence-corrected chi connectivity index (χ2v) is 7.01. The lowest BCUT2D eigenvalue weighted by Gasteiger charge is -2.29. The highest BCUT2D eigenvalue weighted by molar-refractivity contribution is 6.39. The van der Waals surface area contributed by atoms with Crippen LogP contribution < -0.4 is 19.9 Å². The number of methoxy groups -OCH3 is 2. The lowest BCUT2D eigenvalue weighted by Crippen LogP contribution is -2.56. The Morgan fingerprint density at radius 3 is 2.50 bits per heavy atom. The van der Waals surface area contributed by atoms with Crippen molar-refractivity contribution in [2.24, 2.45) is 4.99 Å². The monoisotopic (exact) mass is 410 g/mol. The number of anilines is 1. The SMILES string of the molecule is COc1ccc(CCN(C)C(=O)C2=NCC(=O)N(c3ccc(C)cc3)N2)cc1OC. The smallest absolute Gasteiger partial charge is 0.290 e. The molecule has 0 saturated carbocycles. The molecule has 1 aliphatic heterocycles. The molecule has 2 amide bonds. The van der Waals surface area contributed by atoms with Crippen LogP contribution in [0.4, 0.5) is 5.69 Å². The highest BCUT2D eigenvalue weighted by Crippen LogP contribution is 2.27. The van der Waals surface area contributed by atoms with Gasteiger partial charge in [-0.2, -0.15) is 0 Å². The molecule has 0 aromatic heterocycles. The van der Waals surface area contributed by atoms with E-state index in [1.807, 2.05) is 49.4 Å². The standard InChI is InChI=1S/C22H26N4O4/c1-15-5-8-17(9-6-15)26-20(27)14-23-21(24-26)22(28)25(2)12-11-16-7-10-18(29-3)19(13-16)30-4/h5-10,13H,11-12,14H2,1-4H3,(H,23,24). The van der Waals surface area contributed by atoms with E-state index in [2.05, 4.69) is 10.4 Å². The number of amides is 2. The minimum Gasteiger partial charge on any atom is -0.493 e. The number of hydrogen-bond acceptors (Lipinski definition) is 6. The van der Waals surface area contributed by atoms with Crippen molar-refractivity contribution in [1.82, 2.24) is 10.3 Å². The number of aliphatic imine (C=N–C) groups is 1. The number of nitrogens with zero attached hydrogens (tertiary/aromatic N) is 3. The second-order valence-electron chi connectivity index (χ2n) is 7.01. The summed E-state index contributed by atoms with van der Waals surface area (Å²) in [6.45, 7) is 2.37. The summed E-state index contributed by atoms with van der Waals surface area (Å²) in [5.41, 5.74) is 5.62. The summed E-state index contributed by atoms with van der Waals surface area (Å²) in [6.07, 6.45) is 0.635. The second kappa shape index (κ2) is 9.30. The number of ether oxygens (including phenoxy) is 2. The number of carbonyl (C=O) groups is 2. The molecule has 158 valence electrons. The van der Waals surface area contributed by atoms with Crippen molar-refractivity contribution in [1.29, 1.82) is 0 Å². The first-order valence-electron chi connectivity index (χ1n) is 9.60. The number of likely N-dealkylation sites (N-methyl/N-ethyl adjacent to an activating group) is 1. The molecular formula is C22H26N4O4. The van der Waals surface area contributed by atoms with Gasteiger partial charge in [-0.1, -0.05) is 23.8 Å². The fourth-order valence-corrected chi connectivity index (χ4v) is 3.05. The van der Waals surface area contributed by atoms with Crippen LogP contribution in [-0.2, 0) is 16.0 Å². The van der Waals surface area contributed by atoms with Gasteiger partial charge in [0.05, 0.1) is 19.9 Å². The fourth-order valence-electron chi connectivity index (χ4n) is 3.05. The molecule has 0 radical (unpaired) electrons. The number of benzene rings is 2. The van der Waals surface area contributed by atoms with Crippen molar-refractivity contribution in [3.63, 3.8) is 0 Å². The van der Waals surface area contributed by atoms with Gasteiger partial charge in [-0.3, -0.25) is 20.0 Å². The van der Waals surface area contributed by atoms with Crippen LogP contribution in [0.3, 0.4) is 0 Å². The topological polar surface area (TPSA) is 83.5 Å². The molecule has 1 aliphatic rings. The van der Waals surface area contributed by atoms with Gasteiger partial charge in [0.1, 0.15) is 6.54 Å². The number of amidine groups is 1. The highest BCUT2D eigenvalue weighted by Gasteiger charge is 2.27. The Hall–Kier alpha value is -3.55. The molecule has 0 saturated heterocycles. The Labute approximate surface area is 176 Å². The number of rotatable bonds is 7. The van der Waals surface area contributed by atoms with E-state index in [4.69, 9.17) is 9.47 Å². The van der Waals surface area contributed by atoms with Crippen molar-refractivity contribution in [3.05, 3.63) is 53.6 Å². The Morgan fingerprint density at radius 1 is 1.13 bits per heavy atom. The maximum atomic E-state index is 12.8. The average Bonchev–Trinajstić information content (AvgIpc) is 2.77. The minimum atomic E-state index is -0.278. The van der Waals surface area contributed by atoms with Crippen molar-refractivity contribution in [2.75, 3.05) is 39.4 Å². The van der Waals surface area contributed by atoms with Gasteiger partial charge in [0, 0.05) is 13.6 Å².